The quantitative estimate of drug-likeness (QED) is 0.820. The fourth-order valence-corrected chi connectivity index (χ4v) is 2.60. The summed E-state index contributed by atoms with van der Waals surface area (Å²) in [6.45, 7) is 2.91. The third-order valence-electron chi connectivity index (χ3n) is 3.68. The van der Waals surface area contributed by atoms with E-state index in [9.17, 15) is 0 Å². The summed E-state index contributed by atoms with van der Waals surface area (Å²) in [6, 6.07) is 7.31. The molecule has 2 N–H and O–H groups in total. The number of imidazole rings is 1. The second-order valence-corrected chi connectivity index (χ2v) is 5.37. The van der Waals surface area contributed by atoms with Gasteiger partial charge in [0.1, 0.15) is 5.82 Å². The number of benzene rings is 1. The first-order valence-electron chi connectivity index (χ1n) is 6.97. The van der Waals surface area contributed by atoms with Crippen LogP contribution in [0.3, 0.4) is 0 Å². The maximum absolute atomic E-state index is 5.57. The standard InChI is InChI=1S/C15H21N3/c1-11-5-8-14-13(10-11)17-15(4-2-3-9-16)18(14)12-6-7-12/h5,8,10,12H,2-4,6-7,9,16H2,1H3. The average Bonchev–Trinajstić information content (AvgIpc) is 3.12. The smallest absolute Gasteiger partial charge is 0.110 e. The summed E-state index contributed by atoms with van der Waals surface area (Å²) < 4.78 is 2.46. The van der Waals surface area contributed by atoms with Gasteiger partial charge in [0, 0.05) is 12.5 Å². The van der Waals surface area contributed by atoms with Crippen LogP contribution >= 0.6 is 0 Å². The van der Waals surface area contributed by atoms with Crippen molar-refractivity contribution in [2.45, 2.75) is 45.1 Å². The van der Waals surface area contributed by atoms with Gasteiger partial charge in [-0.05, 0) is 56.8 Å². The van der Waals surface area contributed by atoms with Crippen LogP contribution in [-0.4, -0.2) is 16.1 Å². The van der Waals surface area contributed by atoms with Gasteiger partial charge >= 0.3 is 0 Å². The second-order valence-electron chi connectivity index (χ2n) is 5.37. The lowest BCUT2D eigenvalue weighted by Crippen LogP contribution is -2.04. The molecular formula is C15H21N3. The number of fused-ring (bicyclic) bond motifs is 1. The molecular weight excluding hydrogens is 222 g/mol. The normalized spacial score (nSPS) is 15.4. The summed E-state index contributed by atoms with van der Waals surface area (Å²) in [5.41, 5.74) is 9.33. The van der Waals surface area contributed by atoms with Gasteiger partial charge in [0.15, 0.2) is 0 Å². The zero-order chi connectivity index (χ0) is 12.5. The monoisotopic (exact) mass is 243 g/mol. The molecule has 3 nitrogen and oxygen atoms in total. The largest absolute Gasteiger partial charge is 0.330 e. The maximum Gasteiger partial charge on any atom is 0.110 e. The van der Waals surface area contributed by atoms with Crippen LogP contribution in [0.4, 0.5) is 0 Å². The van der Waals surface area contributed by atoms with E-state index < -0.39 is 0 Å². The van der Waals surface area contributed by atoms with Crippen molar-refractivity contribution < 1.29 is 0 Å². The molecule has 3 heteroatoms. The van der Waals surface area contributed by atoms with Gasteiger partial charge in [-0.3, -0.25) is 0 Å². The molecule has 2 aromatic rings. The van der Waals surface area contributed by atoms with Crippen molar-refractivity contribution in [3.05, 3.63) is 29.6 Å². The first-order valence-corrected chi connectivity index (χ1v) is 6.97. The molecule has 1 heterocycles. The zero-order valence-corrected chi connectivity index (χ0v) is 11.0. The highest BCUT2D eigenvalue weighted by Crippen LogP contribution is 2.39. The summed E-state index contributed by atoms with van der Waals surface area (Å²) in [6.07, 6.45) is 5.91. The first-order chi connectivity index (χ1) is 8.79. The fourth-order valence-electron chi connectivity index (χ4n) is 2.60. The lowest BCUT2D eigenvalue weighted by atomic mass is 10.2. The van der Waals surface area contributed by atoms with E-state index in [1.165, 1.54) is 29.7 Å². The number of unbranched alkanes of at least 4 members (excludes halogenated alkanes) is 1. The van der Waals surface area contributed by atoms with Gasteiger partial charge in [0.2, 0.25) is 0 Å². The molecule has 0 atom stereocenters. The molecule has 18 heavy (non-hydrogen) atoms. The van der Waals surface area contributed by atoms with Crippen LogP contribution in [0.1, 0.15) is 43.1 Å². The van der Waals surface area contributed by atoms with E-state index in [4.69, 9.17) is 10.7 Å². The molecule has 1 fully saturated rings. The Morgan fingerprint density at radius 1 is 1.33 bits per heavy atom. The van der Waals surface area contributed by atoms with Crippen molar-refractivity contribution in [2.24, 2.45) is 5.73 Å². The van der Waals surface area contributed by atoms with Gasteiger partial charge < -0.3 is 10.3 Å². The lowest BCUT2D eigenvalue weighted by molar-refractivity contribution is 0.652. The second kappa shape index (κ2) is 4.73. The third-order valence-corrected chi connectivity index (χ3v) is 3.68. The predicted octanol–water partition coefficient (Wildman–Crippen LogP) is 2.96. The average molecular weight is 243 g/mol. The number of nitrogens with two attached hydrogens (primary N) is 1. The van der Waals surface area contributed by atoms with Crippen LogP contribution in [0, 0.1) is 6.92 Å². The Morgan fingerprint density at radius 2 is 2.17 bits per heavy atom. The van der Waals surface area contributed by atoms with E-state index >= 15 is 0 Å². The molecule has 1 aromatic heterocycles. The highest BCUT2D eigenvalue weighted by molar-refractivity contribution is 5.77. The first kappa shape index (κ1) is 11.7. The van der Waals surface area contributed by atoms with Crippen molar-refractivity contribution in [1.82, 2.24) is 9.55 Å². The predicted molar refractivity (Wildman–Crippen MR) is 74.7 cm³/mol. The molecule has 0 saturated heterocycles. The van der Waals surface area contributed by atoms with E-state index in [1.807, 2.05) is 0 Å². The van der Waals surface area contributed by atoms with Crippen LogP contribution in [-0.2, 0) is 6.42 Å². The van der Waals surface area contributed by atoms with E-state index in [0.717, 1.165) is 31.3 Å². The Hall–Kier alpha value is -1.35. The van der Waals surface area contributed by atoms with Gasteiger partial charge in [0.25, 0.3) is 0 Å². The van der Waals surface area contributed by atoms with Gasteiger partial charge in [0.05, 0.1) is 11.0 Å². The number of aryl methyl sites for hydroxylation is 2. The number of hydrogen-bond acceptors (Lipinski definition) is 2. The molecule has 1 saturated carbocycles. The van der Waals surface area contributed by atoms with Crippen molar-refractivity contribution >= 4 is 11.0 Å². The van der Waals surface area contributed by atoms with Gasteiger partial charge in [-0.1, -0.05) is 6.07 Å². The van der Waals surface area contributed by atoms with Crippen LogP contribution in [0.5, 0.6) is 0 Å². The summed E-state index contributed by atoms with van der Waals surface area (Å²) in [5.74, 6) is 1.26. The van der Waals surface area contributed by atoms with Gasteiger partial charge in [-0.25, -0.2) is 4.98 Å². The molecule has 0 radical (unpaired) electrons. The van der Waals surface area contributed by atoms with E-state index in [0.29, 0.717) is 6.04 Å². The number of rotatable bonds is 5. The minimum absolute atomic E-state index is 0.700. The van der Waals surface area contributed by atoms with Crippen molar-refractivity contribution in [3.63, 3.8) is 0 Å². The van der Waals surface area contributed by atoms with Crippen LogP contribution < -0.4 is 5.73 Å². The summed E-state index contributed by atoms with van der Waals surface area (Å²) in [5, 5.41) is 0. The molecule has 1 aliphatic carbocycles. The molecule has 0 aliphatic heterocycles. The molecule has 0 unspecified atom stereocenters. The minimum atomic E-state index is 0.700. The van der Waals surface area contributed by atoms with E-state index in [1.54, 1.807) is 0 Å². The fraction of sp³-hybridized carbons (Fsp3) is 0.533. The van der Waals surface area contributed by atoms with Gasteiger partial charge in [-0.15, -0.1) is 0 Å². The Balaban J connectivity index is 1.98. The summed E-state index contributed by atoms with van der Waals surface area (Å²) >= 11 is 0. The summed E-state index contributed by atoms with van der Waals surface area (Å²) in [4.78, 5) is 4.83. The molecule has 3 rings (SSSR count). The molecule has 1 aliphatic rings. The van der Waals surface area contributed by atoms with Crippen molar-refractivity contribution in [2.75, 3.05) is 6.54 Å². The number of nitrogens with zero attached hydrogens (tertiary/aromatic N) is 2. The Morgan fingerprint density at radius 3 is 2.89 bits per heavy atom. The zero-order valence-electron chi connectivity index (χ0n) is 11.0. The topological polar surface area (TPSA) is 43.8 Å². The van der Waals surface area contributed by atoms with Crippen LogP contribution in [0.25, 0.3) is 11.0 Å². The molecule has 0 amide bonds. The SMILES string of the molecule is Cc1ccc2c(c1)nc(CCCCN)n2C1CC1. The number of hydrogen-bond donors (Lipinski definition) is 1. The van der Waals surface area contributed by atoms with Gasteiger partial charge in [-0.2, -0.15) is 0 Å². The minimum Gasteiger partial charge on any atom is -0.330 e. The van der Waals surface area contributed by atoms with Crippen LogP contribution in [0.2, 0.25) is 0 Å². The number of aromatic nitrogens is 2. The van der Waals surface area contributed by atoms with Crippen molar-refractivity contribution in [1.29, 1.82) is 0 Å². The molecule has 0 spiro atoms. The van der Waals surface area contributed by atoms with Crippen molar-refractivity contribution in [3.8, 4) is 0 Å². The third kappa shape index (κ3) is 2.15. The lowest BCUT2D eigenvalue weighted by Gasteiger charge is -2.07. The Kier molecular flexibility index (Phi) is 3.08. The Bertz CT molecular complexity index is 552. The van der Waals surface area contributed by atoms with Crippen LogP contribution in [0.15, 0.2) is 18.2 Å². The Labute approximate surface area is 108 Å². The summed E-state index contributed by atoms with van der Waals surface area (Å²) in [7, 11) is 0. The van der Waals surface area contributed by atoms with E-state index in [2.05, 4.69) is 29.7 Å². The highest BCUT2D eigenvalue weighted by atomic mass is 15.1. The molecule has 0 bridgehead atoms. The van der Waals surface area contributed by atoms with E-state index in [-0.39, 0.29) is 0 Å². The maximum atomic E-state index is 5.57. The molecule has 96 valence electrons. The highest BCUT2D eigenvalue weighted by Gasteiger charge is 2.27. The molecule has 1 aromatic carbocycles.